The van der Waals surface area contributed by atoms with E-state index in [4.69, 9.17) is 5.73 Å². The number of hydrogen-bond donors (Lipinski definition) is 2. The van der Waals surface area contributed by atoms with Crippen LogP contribution in [0.2, 0.25) is 0 Å². The first-order chi connectivity index (χ1) is 6.92. The highest BCUT2D eigenvalue weighted by Crippen LogP contribution is 2.16. The van der Waals surface area contributed by atoms with Crippen molar-refractivity contribution < 1.29 is 12.8 Å². The first-order valence-electron chi connectivity index (χ1n) is 4.38. The molecule has 0 unspecified atom stereocenters. The summed E-state index contributed by atoms with van der Waals surface area (Å²) in [5, 5.41) is 0. The van der Waals surface area contributed by atoms with Crippen molar-refractivity contribution in [2.45, 2.75) is 6.42 Å². The monoisotopic (exact) mass is 232 g/mol. The fourth-order valence-electron chi connectivity index (χ4n) is 1.16. The van der Waals surface area contributed by atoms with Crippen molar-refractivity contribution >= 4 is 15.7 Å². The Bertz CT molecular complexity index is 445. The van der Waals surface area contributed by atoms with Gasteiger partial charge >= 0.3 is 0 Å². The van der Waals surface area contributed by atoms with E-state index in [9.17, 15) is 12.8 Å². The summed E-state index contributed by atoms with van der Waals surface area (Å²) in [6, 6.07) is 4.31. The predicted molar refractivity (Wildman–Crippen MR) is 57.6 cm³/mol. The van der Waals surface area contributed by atoms with Crippen molar-refractivity contribution in [1.82, 2.24) is 0 Å². The average Bonchev–Trinajstić information content (AvgIpc) is 2.08. The minimum Gasteiger partial charge on any atom is -0.330 e. The molecule has 0 aliphatic carbocycles. The lowest BCUT2D eigenvalue weighted by atomic mass is 10.1. The summed E-state index contributed by atoms with van der Waals surface area (Å²) in [5.41, 5.74) is 6.02. The van der Waals surface area contributed by atoms with Gasteiger partial charge in [-0.2, -0.15) is 0 Å². The van der Waals surface area contributed by atoms with E-state index in [0.29, 0.717) is 13.0 Å². The molecule has 0 amide bonds. The average molecular weight is 232 g/mol. The Labute approximate surface area is 88.3 Å². The SMILES string of the molecule is CS(=O)(=O)Nc1ccc(CCN)cc1F. The summed E-state index contributed by atoms with van der Waals surface area (Å²) in [6.07, 6.45) is 1.54. The zero-order chi connectivity index (χ0) is 11.5. The Balaban J connectivity index is 2.93. The van der Waals surface area contributed by atoms with Gasteiger partial charge < -0.3 is 5.73 Å². The third-order valence-corrected chi connectivity index (χ3v) is 2.35. The zero-order valence-corrected chi connectivity index (χ0v) is 9.14. The Morgan fingerprint density at radius 2 is 2.13 bits per heavy atom. The molecule has 0 fully saturated rings. The smallest absolute Gasteiger partial charge is 0.229 e. The number of hydrogen-bond acceptors (Lipinski definition) is 3. The van der Waals surface area contributed by atoms with Crippen molar-refractivity contribution in [2.75, 3.05) is 17.5 Å². The fourth-order valence-corrected chi connectivity index (χ4v) is 1.73. The first-order valence-corrected chi connectivity index (χ1v) is 6.28. The van der Waals surface area contributed by atoms with E-state index < -0.39 is 15.8 Å². The molecule has 0 aliphatic rings. The van der Waals surface area contributed by atoms with E-state index in [0.717, 1.165) is 11.8 Å². The minimum atomic E-state index is -3.44. The number of rotatable bonds is 4. The fraction of sp³-hybridized carbons (Fsp3) is 0.333. The molecule has 0 heterocycles. The van der Waals surface area contributed by atoms with Crippen LogP contribution in [0.5, 0.6) is 0 Å². The summed E-state index contributed by atoms with van der Waals surface area (Å²) >= 11 is 0. The maximum Gasteiger partial charge on any atom is 0.229 e. The molecule has 0 saturated heterocycles. The molecule has 6 heteroatoms. The number of anilines is 1. The van der Waals surface area contributed by atoms with Gasteiger partial charge in [0.2, 0.25) is 10.0 Å². The summed E-state index contributed by atoms with van der Waals surface area (Å²) in [7, 11) is -3.44. The molecule has 0 aliphatic heterocycles. The highest BCUT2D eigenvalue weighted by atomic mass is 32.2. The third kappa shape index (κ3) is 3.85. The number of halogens is 1. The van der Waals surface area contributed by atoms with Crippen molar-refractivity contribution in [3.05, 3.63) is 29.6 Å². The molecule has 1 aromatic rings. The van der Waals surface area contributed by atoms with Gasteiger partial charge in [0, 0.05) is 0 Å². The van der Waals surface area contributed by atoms with Crippen LogP contribution in [0.15, 0.2) is 18.2 Å². The molecule has 3 N–H and O–H groups in total. The van der Waals surface area contributed by atoms with Crippen LogP contribution in [-0.2, 0) is 16.4 Å². The predicted octanol–water partition coefficient (Wildman–Crippen LogP) is 0.698. The second-order valence-corrected chi connectivity index (χ2v) is 4.98. The van der Waals surface area contributed by atoms with Crippen LogP contribution in [0.3, 0.4) is 0 Å². The van der Waals surface area contributed by atoms with Gasteiger partial charge in [0.05, 0.1) is 11.9 Å². The van der Waals surface area contributed by atoms with Crippen LogP contribution in [0, 0.1) is 5.82 Å². The van der Waals surface area contributed by atoms with E-state index >= 15 is 0 Å². The summed E-state index contributed by atoms with van der Waals surface area (Å²) in [4.78, 5) is 0. The van der Waals surface area contributed by atoms with Gasteiger partial charge in [0.15, 0.2) is 0 Å². The number of nitrogens with one attached hydrogen (secondary N) is 1. The Morgan fingerprint density at radius 1 is 1.47 bits per heavy atom. The lowest BCUT2D eigenvalue weighted by Crippen LogP contribution is -2.11. The second kappa shape index (κ2) is 4.59. The minimum absolute atomic E-state index is 0.0433. The van der Waals surface area contributed by atoms with Gasteiger partial charge in [-0.25, -0.2) is 12.8 Å². The maximum atomic E-state index is 13.3. The van der Waals surface area contributed by atoms with Crippen LogP contribution < -0.4 is 10.5 Å². The van der Waals surface area contributed by atoms with Crippen molar-refractivity contribution in [3.8, 4) is 0 Å². The Kier molecular flexibility index (Phi) is 3.65. The molecule has 4 nitrogen and oxygen atoms in total. The molecule has 0 saturated carbocycles. The van der Waals surface area contributed by atoms with Crippen molar-refractivity contribution in [1.29, 1.82) is 0 Å². The van der Waals surface area contributed by atoms with Crippen LogP contribution in [0.25, 0.3) is 0 Å². The molecule has 0 radical (unpaired) electrons. The highest BCUT2D eigenvalue weighted by molar-refractivity contribution is 7.92. The van der Waals surface area contributed by atoms with Gasteiger partial charge in [-0.05, 0) is 30.7 Å². The number of sulfonamides is 1. The second-order valence-electron chi connectivity index (χ2n) is 3.23. The standard InChI is InChI=1S/C9H13FN2O2S/c1-15(13,14)12-9-3-2-7(4-5-11)6-8(9)10/h2-3,6,12H,4-5,11H2,1H3. The van der Waals surface area contributed by atoms with Gasteiger partial charge in [-0.15, -0.1) is 0 Å². The van der Waals surface area contributed by atoms with Gasteiger partial charge in [-0.1, -0.05) is 6.07 Å². The van der Waals surface area contributed by atoms with E-state index in [2.05, 4.69) is 4.72 Å². The largest absolute Gasteiger partial charge is 0.330 e. The first kappa shape index (κ1) is 11.9. The van der Waals surface area contributed by atoms with Crippen LogP contribution >= 0.6 is 0 Å². The van der Waals surface area contributed by atoms with E-state index in [1.165, 1.54) is 12.1 Å². The van der Waals surface area contributed by atoms with E-state index in [1.54, 1.807) is 6.07 Å². The van der Waals surface area contributed by atoms with Crippen LogP contribution in [0.4, 0.5) is 10.1 Å². The van der Waals surface area contributed by atoms with E-state index in [-0.39, 0.29) is 5.69 Å². The molecular formula is C9H13FN2O2S. The number of benzene rings is 1. The molecular weight excluding hydrogens is 219 g/mol. The van der Waals surface area contributed by atoms with Crippen molar-refractivity contribution in [3.63, 3.8) is 0 Å². The lowest BCUT2D eigenvalue weighted by molar-refractivity contribution is 0.603. The normalized spacial score (nSPS) is 11.4. The zero-order valence-electron chi connectivity index (χ0n) is 8.33. The number of nitrogens with two attached hydrogens (primary N) is 1. The Morgan fingerprint density at radius 3 is 2.60 bits per heavy atom. The van der Waals surface area contributed by atoms with E-state index in [1.807, 2.05) is 0 Å². The third-order valence-electron chi connectivity index (χ3n) is 1.76. The summed E-state index contributed by atoms with van der Waals surface area (Å²) in [5.74, 6) is -0.591. The lowest BCUT2D eigenvalue weighted by Gasteiger charge is -2.06. The molecule has 1 aromatic carbocycles. The van der Waals surface area contributed by atoms with Crippen LogP contribution in [0.1, 0.15) is 5.56 Å². The van der Waals surface area contributed by atoms with Gasteiger partial charge in [0.1, 0.15) is 5.82 Å². The molecule has 0 aromatic heterocycles. The highest BCUT2D eigenvalue weighted by Gasteiger charge is 2.07. The molecule has 84 valence electrons. The van der Waals surface area contributed by atoms with Gasteiger partial charge in [-0.3, -0.25) is 4.72 Å². The van der Waals surface area contributed by atoms with Crippen LogP contribution in [-0.4, -0.2) is 21.2 Å². The topological polar surface area (TPSA) is 72.2 Å². The van der Waals surface area contributed by atoms with Gasteiger partial charge in [0.25, 0.3) is 0 Å². The molecule has 0 atom stereocenters. The molecule has 1 rings (SSSR count). The molecule has 0 bridgehead atoms. The maximum absolute atomic E-state index is 13.3. The Hall–Kier alpha value is -1.14. The van der Waals surface area contributed by atoms with Crippen molar-refractivity contribution in [2.24, 2.45) is 5.73 Å². The molecule has 15 heavy (non-hydrogen) atoms. The summed E-state index contributed by atoms with van der Waals surface area (Å²) < 4.78 is 37.2. The molecule has 0 spiro atoms. The quantitative estimate of drug-likeness (QED) is 0.802. The summed E-state index contributed by atoms with van der Waals surface area (Å²) in [6.45, 7) is 0.429.